The zero-order valence-electron chi connectivity index (χ0n) is 10.8. The molecule has 0 aliphatic heterocycles. The maximum absolute atomic E-state index is 11.6. The normalized spacial score (nSPS) is 17.6. The van der Waals surface area contributed by atoms with Gasteiger partial charge in [-0.25, -0.2) is 4.79 Å². The first-order chi connectivity index (χ1) is 9.11. The molecule has 1 aliphatic rings. The standard InChI is InChI=1S/C14H18INO3/c1-2-12(19-14(18)16-9-7-8-9)13(17)10-5-3-4-6-11(10)15/h3-6,9,12-13,17H,2,7-8H2,1H3,(H,16,18)/t12-,13-/m0/s1. The number of nitrogens with one attached hydrogen (secondary N) is 1. The van der Waals surface area contributed by atoms with E-state index in [0.717, 1.165) is 22.0 Å². The molecule has 1 aliphatic carbocycles. The highest BCUT2D eigenvalue weighted by Gasteiger charge is 2.28. The summed E-state index contributed by atoms with van der Waals surface area (Å²) < 4.78 is 6.29. The Morgan fingerprint density at radius 2 is 2.21 bits per heavy atom. The van der Waals surface area contributed by atoms with Crippen LogP contribution in [0.3, 0.4) is 0 Å². The second-order valence-corrected chi connectivity index (χ2v) is 5.90. The zero-order valence-corrected chi connectivity index (χ0v) is 13.0. The Kier molecular flexibility index (Phi) is 5.04. The minimum atomic E-state index is -0.789. The number of aliphatic hydroxyl groups is 1. The highest BCUT2D eigenvalue weighted by atomic mass is 127. The Morgan fingerprint density at radius 3 is 2.79 bits per heavy atom. The fraction of sp³-hybridized carbons (Fsp3) is 0.500. The second kappa shape index (κ2) is 6.56. The van der Waals surface area contributed by atoms with E-state index in [1.807, 2.05) is 31.2 Å². The predicted octanol–water partition coefficient (Wildman–Crippen LogP) is 2.99. The first kappa shape index (κ1) is 14.6. The molecule has 1 aromatic rings. The van der Waals surface area contributed by atoms with Gasteiger partial charge in [0, 0.05) is 9.61 Å². The van der Waals surface area contributed by atoms with Gasteiger partial charge in [0.05, 0.1) is 0 Å². The summed E-state index contributed by atoms with van der Waals surface area (Å²) in [4.78, 5) is 11.6. The van der Waals surface area contributed by atoms with Crippen molar-refractivity contribution in [2.75, 3.05) is 0 Å². The van der Waals surface area contributed by atoms with Gasteiger partial charge in [0.15, 0.2) is 0 Å². The van der Waals surface area contributed by atoms with Crippen LogP contribution in [-0.4, -0.2) is 23.3 Å². The number of hydrogen-bond acceptors (Lipinski definition) is 3. The number of aliphatic hydroxyl groups excluding tert-OH is 1. The lowest BCUT2D eigenvalue weighted by Gasteiger charge is -2.23. The average Bonchev–Trinajstić information content (AvgIpc) is 3.19. The van der Waals surface area contributed by atoms with Gasteiger partial charge in [-0.05, 0) is 53.5 Å². The molecular weight excluding hydrogens is 357 g/mol. The van der Waals surface area contributed by atoms with Crippen molar-refractivity contribution in [1.82, 2.24) is 5.32 Å². The quantitative estimate of drug-likeness (QED) is 0.778. The van der Waals surface area contributed by atoms with E-state index in [2.05, 4.69) is 27.9 Å². The summed E-state index contributed by atoms with van der Waals surface area (Å²) in [5.41, 5.74) is 0.800. The third-order valence-corrected chi connectivity index (χ3v) is 4.12. The van der Waals surface area contributed by atoms with Crippen molar-refractivity contribution in [3.8, 4) is 0 Å². The number of alkyl carbamates (subject to hydrolysis) is 1. The predicted molar refractivity (Wildman–Crippen MR) is 80.8 cm³/mol. The van der Waals surface area contributed by atoms with Crippen molar-refractivity contribution in [2.45, 2.75) is 44.4 Å². The monoisotopic (exact) mass is 375 g/mol. The molecule has 2 rings (SSSR count). The maximum atomic E-state index is 11.6. The van der Waals surface area contributed by atoms with E-state index < -0.39 is 18.3 Å². The fourth-order valence-electron chi connectivity index (χ4n) is 1.85. The molecule has 0 radical (unpaired) electrons. The summed E-state index contributed by atoms with van der Waals surface area (Å²) in [6.07, 6.45) is 0.873. The summed E-state index contributed by atoms with van der Waals surface area (Å²) in [5, 5.41) is 13.1. The number of benzene rings is 1. The minimum absolute atomic E-state index is 0.263. The number of rotatable bonds is 5. The Hall–Kier alpha value is -0.820. The molecule has 0 spiro atoms. The molecule has 1 fully saturated rings. The molecular formula is C14H18INO3. The van der Waals surface area contributed by atoms with E-state index in [0.29, 0.717) is 6.42 Å². The minimum Gasteiger partial charge on any atom is -0.443 e. The molecule has 1 saturated carbocycles. The van der Waals surface area contributed by atoms with E-state index in [1.54, 1.807) is 0 Å². The van der Waals surface area contributed by atoms with Crippen LogP contribution in [-0.2, 0) is 4.74 Å². The van der Waals surface area contributed by atoms with E-state index in [9.17, 15) is 9.90 Å². The van der Waals surface area contributed by atoms with Crippen molar-refractivity contribution in [3.05, 3.63) is 33.4 Å². The molecule has 0 aromatic heterocycles. The number of carbonyl (C=O) groups excluding carboxylic acids is 1. The molecule has 5 heteroatoms. The first-order valence-corrected chi connectivity index (χ1v) is 7.59. The van der Waals surface area contributed by atoms with Crippen molar-refractivity contribution < 1.29 is 14.6 Å². The molecule has 1 aromatic carbocycles. The van der Waals surface area contributed by atoms with Gasteiger partial charge in [-0.2, -0.15) is 0 Å². The van der Waals surface area contributed by atoms with E-state index in [4.69, 9.17) is 4.74 Å². The van der Waals surface area contributed by atoms with Gasteiger partial charge in [-0.3, -0.25) is 0 Å². The Balaban J connectivity index is 1.99. The van der Waals surface area contributed by atoms with E-state index in [-0.39, 0.29) is 6.04 Å². The molecule has 0 unspecified atom stereocenters. The van der Waals surface area contributed by atoms with Crippen LogP contribution in [0.1, 0.15) is 37.9 Å². The number of halogens is 1. The summed E-state index contributed by atoms with van der Waals surface area (Å²) in [6.45, 7) is 1.90. The van der Waals surface area contributed by atoms with Crippen LogP contribution >= 0.6 is 22.6 Å². The largest absolute Gasteiger partial charge is 0.443 e. The van der Waals surface area contributed by atoms with Gasteiger partial charge in [0.25, 0.3) is 0 Å². The van der Waals surface area contributed by atoms with Crippen LogP contribution in [0.25, 0.3) is 0 Å². The Bertz CT molecular complexity index is 448. The number of hydrogen-bond donors (Lipinski definition) is 2. The van der Waals surface area contributed by atoms with Gasteiger partial charge < -0.3 is 15.2 Å². The zero-order chi connectivity index (χ0) is 13.8. The molecule has 104 valence electrons. The summed E-state index contributed by atoms with van der Waals surface area (Å²) in [7, 11) is 0. The van der Waals surface area contributed by atoms with Crippen LogP contribution in [0.5, 0.6) is 0 Å². The van der Waals surface area contributed by atoms with Crippen molar-refractivity contribution in [2.24, 2.45) is 0 Å². The number of carbonyl (C=O) groups is 1. The Labute approximate surface area is 126 Å². The van der Waals surface area contributed by atoms with Gasteiger partial charge in [-0.15, -0.1) is 0 Å². The van der Waals surface area contributed by atoms with Crippen LogP contribution < -0.4 is 5.32 Å². The lowest BCUT2D eigenvalue weighted by molar-refractivity contribution is -0.000825. The molecule has 0 heterocycles. The van der Waals surface area contributed by atoms with Gasteiger partial charge in [-0.1, -0.05) is 25.1 Å². The van der Waals surface area contributed by atoms with Crippen LogP contribution in [0.4, 0.5) is 4.79 Å². The molecule has 19 heavy (non-hydrogen) atoms. The fourth-order valence-corrected chi connectivity index (χ4v) is 2.56. The van der Waals surface area contributed by atoms with Gasteiger partial charge in [0.1, 0.15) is 12.2 Å². The second-order valence-electron chi connectivity index (χ2n) is 4.74. The lowest BCUT2D eigenvalue weighted by atomic mass is 10.0. The maximum Gasteiger partial charge on any atom is 0.407 e. The summed E-state index contributed by atoms with van der Waals surface area (Å²) >= 11 is 2.17. The molecule has 4 nitrogen and oxygen atoms in total. The van der Waals surface area contributed by atoms with Crippen LogP contribution in [0, 0.1) is 3.57 Å². The van der Waals surface area contributed by atoms with Gasteiger partial charge in [0.2, 0.25) is 0 Å². The topological polar surface area (TPSA) is 58.6 Å². The number of amides is 1. The Morgan fingerprint density at radius 1 is 1.53 bits per heavy atom. The highest BCUT2D eigenvalue weighted by molar-refractivity contribution is 14.1. The summed E-state index contributed by atoms with van der Waals surface area (Å²) in [6, 6.07) is 7.84. The van der Waals surface area contributed by atoms with Crippen molar-refractivity contribution >= 4 is 28.7 Å². The van der Waals surface area contributed by atoms with Gasteiger partial charge >= 0.3 is 6.09 Å². The van der Waals surface area contributed by atoms with Crippen molar-refractivity contribution in [3.63, 3.8) is 0 Å². The van der Waals surface area contributed by atoms with E-state index >= 15 is 0 Å². The molecule has 0 bridgehead atoms. The third-order valence-electron chi connectivity index (χ3n) is 3.14. The molecule has 2 N–H and O–H groups in total. The molecule has 0 saturated heterocycles. The van der Waals surface area contributed by atoms with Crippen LogP contribution in [0.15, 0.2) is 24.3 Å². The average molecular weight is 375 g/mol. The summed E-state index contributed by atoms with van der Waals surface area (Å²) in [5.74, 6) is 0. The number of ether oxygens (including phenoxy) is 1. The van der Waals surface area contributed by atoms with E-state index in [1.165, 1.54) is 0 Å². The first-order valence-electron chi connectivity index (χ1n) is 6.51. The molecule has 2 atom stereocenters. The smallest absolute Gasteiger partial charge is 0.407 e. The SMILES string of the molecule is CC[C@H](OC(=O)NC1CC1)[C@@H](O)c1ccccc1I. The highest BCUT2D eigenvalue weighted by Crippen LogP contribution is 2.26. The van der Waals surface area contributed by atoms with Crippen molar-refractivity contribution in [1.29, 1.82) is 0 Å². The third kappa shape index (κ3) is 4.07. The molecule has 1 amide bonds. The van der Waals surface area contributed by atoms with Crippen LogP contribution in [0.2, 0.25) is 0 Å². The lowest BCUT2D eigenvalue weighted by Crippen LogP contribution is -2.33.